The van der Waals surface area contributed by atoms with Crippen molar-refractivity contribution in [3.8, 4) is 0 Å². The van der Waals surface area contributed by atoms with Gasteiger partial charge < -0.3 is 9.47 Å². The number of aryl methyl sites for hydroxylation is 3. The molecule has 0 aromatic carbocycles. The smallest absolute Gasteiger partial charge is 0.171 e. The number of nitrogens with zero attached hydrogens (tertiary/aromatic N) is 5. The minimum atomic E-state index is 0. The molecule has 0 unspecified atom stereocenters. The number of halogens is 1. The summed E-state index contributed by atoms with van der Waals surface area (Å²) in [7, 11) is 0. The maximum absolute atomic E-state index is 8.27. The molecule has 0 bridgehead atoms. The molecule has 0 saturated heterocycles. The largest absolute Gasteiger partial charge is 0.381 e. The third-order valence-electron chi connectivity index (χ3n) is 8.97. The fourth-order valence-electron chi connectivity index (χ4n) is 6.13. The van der Waals surface area contributed by atoms with Crippen molar-refractivity contribution < 1.29 is 14.0 Å². The van der Waals surface area contributed by atoms with E-state index in [1.165, 1.54) is 133 Å². The summed E-state index contributed by atoms with van der Waals surface area (Å²) in [6.45, 7) is 5.34. The lowest BCUT2D eigenvalue weighted by molar-refractivity contribution is -0.697. The summed E-state index contributed by atoms with van der Waals surface area (Å²) >= 11 is 0. The highest BCUT2D eigenvalue weighted by Gasteiger charge is 2.04. The number of pyridine rings is 2. The van der Waals surface area contributed by atoms with E-state index in [1.807, 2.05) is 18.5 Å². The average molecular weight is 687 g/mol. The van der Waals surface area contributed by atoms with Gasteiger partial charge in [-0.3, -0.25) is 4.98 Å². The summed E-state index contributed by atoms with van der Waals surface area (Å²) in [4.78, 5) is 6.97. The molecule has 7 nitrogen and oxygen atoms in total. The van der Waals surface area contributed by atoms with Crippen LogP contribution in [0, 0.1) is 0 Å². The van der Waals surface area contributed by atoms with Gasteiger partial charge in [0.05, 0.1) is 0 Å². The van der Waals surface area contributed by atoms with Crippen molar-refractivity contribution in [2.45, 2.75) is 161 Å². The Hall–Kier alpha value is -2.18. The quantitative estimate of drug-likeness (QED) is 0.0241. The highest BCUT2D eigenvalue weighted by atomic mass is 35.5. The van der Waals surface area contributed by atoms with Crippen molar-refractivity contribution in [1.82, 2.24) is 4.98 Å². The molecule has 48 heavy (non-hydrogen) atoms. The predicted octanol–water partition coefficient (Wildman–Crippen LogP) is 11.5. The first-order valence-electron chi connectivity index (χ1n) is 19.4. The molecule has 0 atom stereocenters. The zero-order chi connectivity index (χ0) is 33.1. The lowest BCUT2D eigenvalue weighted by Gasteiger charge is -2.05. The van der Waals surface area contributed by atoms with Crippen LogP contribution in [0.5, 0.6) is 0 Å². The molecule has 2 aromatic heterocycles. The molecule has 2 aromatic rings. The van der Waals surface area contributed by atoms with E-state index in [0.29, 0.717) is 6.54 Å². The van der Waals surface area contributed by atoms with Crippen LogP contribution in [0.4, 0.5) is 0 Å². The Morgan fingerprint density at radius 1 is 0.583 bits per heavy atom. The van der Waals surface area contributed by atoms with Crippen LogP contribution >= 0.6 is 12.4 Å². The van der Waals surface area contributed by atoms with Crippen LogP contribution in [-0.2, 0) is 28.9 Å². The second kappa shape index (κ2) is 34.7. The fraction of sp³-hybridized carbons (Fsp3) is 0.750. The van der Waals surface area contributed by atoms with Gasteiger partial charge in [0.1, 0.15) is 6.54 Å². The van der Waals surface area contributed by atoms with Crippen LogP contribution in [0.3, 0.4) is 0 Å². The highest BCUT2D eigenvalue weighted by Crippen LogP contribution is 2.12. The molecule has 0 aliphatic rings. The number of ether oxygens (including phenoxy) is 2. The van der Waals surface area contributed by atoms with Gasteiger partial charge in [0.15, 0.2) is 12.4 Å². The van der Waals surface area contributed by atoms with E-state index in [4.69, 9.17) is 15.0 Å². The standard InChI is InChI=1S/C40H68N5O2.ClH/c41-44-43-30-17-13-9-5-1-3-7-11-16-20-34-47-36-24-28-40-26-22-32-45(38-40)31-18-14-10-6-2-4-8-12-15-19-33-46-35-23-27-39-25-21-29-42-37-39;/h21-22,25-26,29,32,37-38H,1-20,23-24,27-28,30-31,33-36H2;1H/q+1;. The number of rotatable bonds is 34. The van der Waals surface area contributed by atoms with Crippen molar-refractivity contribution in [3.05, 3.63) is 70.6 Å². The molecule has 0 aliphatic heterocycles. The molecule has 2 heterocycles. The highest BCUT2D eigenvalue weighted by molar-refractivity contribution is 5.85. The van der Waals surface area contributed by atoms with Gasteiger partial charge in [0, 0.05) is 68.3 Å². The van der Waals surface area contributed by atoms with Crippen LogP contribution in [-0.4, -0.2) is 38.0 Å². The molecule has 2 rings (SSSR count). The molecular formula is C40H69ClN5O2+. The molecule has 0 radical (unpaired) electrons. The van der Waals surface area contributed by atoms with E-state index in [1.54, 1.807) is 0 Å². The van der Waals surface area contributed by atoms with Crippen LogP contribution in [0.15, 0.2) is 54.2 Å². The maximum atomic E-state index is 8.27. The summed E-state index contributed by atoms with van der Waals surface area (Å²) in [5.41, 5.74) is 11.0. The normalized spacial score (nSPS) is 10.9. The van der Waals surface area contributed by atoms with Crippen LogP contribution in [0.2, 0.25) is 0 Å². The lowest BCUT2D eigenvalue weighted by Crippen LogP contribution is -2.33. The maximum Gasteiger partial charge on any atom is 0.171 e. The topological polar surface area (TPSA) is 84.0 Å². The van der Waals surface area contributed by atoms with Gasteiger partial charge in [0.2, 0.25) is 0 Å². The summed E-state index contributed by atoms with van der Waals surface area (Å²) in [6, 6.07) is 8.61. The monoisotopic (exact) mass is 687 g/mol. The van der Waals surface area contributed by atoms with Crippen LogP contribution in [0.25, 0.3) is 10.4 Å². The Kier molecular flexibility index (Phi) is 31.7. The third kappa shape index (κ3) is 27.7. The van der Waals surface area contributed by atoms with Crippen molar-refractivity contribution in [1.29, 1.82) is 0 Å². The van der Waals surface area contributed by atoms with Crippen molar-refractivity contribution in [2.75, 3.05) is 33.0 Å². The Labute approximate surface area is 300 Å². The Morgan fingerprint density at radius 2 is 1.06 bits per heavy atom. The number of azide groups is 1. The number of hydrogen-bond acceptors (Lipinski definition) is 4. The zero-order valence-electron chi connectivity index (χ0n) is 30.3. The third-order valence-corrected chi connectivity index (χ3v) is 8.97. The molecule has 0 N–H and O–H groups in total. The van der Waals surface area contributed by atoms with Gasteiger partial charge >= 0.3 is 0 Å². The molecular weight excluding hydrogens is 618 g/mol. The molecule has 0 saturated carbocycles. The molecule has 0 amide bonds. The van der Waals surface area contributed by atoms with E-state index < -0.39 is 0 Å². The van der Waals surface area contributed by atoms with E-state index in [0.717, 1.165) is 65.1 Å². The second-order valence-corrected chi connectivity index (χ2v) is 13.3. The van der Waals surface area contributed by atoms with Gasteiger partial charge in [-0.15, -0.1) is 12.4 Å². The van der Waals surface area contributed by atoms with E-state index in [2.05, 4.69) is 50.2 Å². The Morgan fingerprint density at radius 3 is 1.60 bits per heavy atom. The second-order valence-electron chi connectivity index (χ2n) is 13.3. The van der Waals surface area contributed by atoms with Crippen molar-refractivity contribution in [3.63, 3.8) is 0 Å². The first kappa shape index (κ1) is 43.8. The minimum Gasteiger partial charge on any atom is -0.381 e. The van der Waals surface area contributed by atoms with E-state index in [9.17, 15) is 0 Å². The van der Waals surface area contributed by atoms with Crippen molar-refractivity contribution in [2.24, 2.45) is 5.11 Å². The van der Waals surface area contributed by atoms with Crippen molar-refractivity contribution >= 4 is 12.4 Å². The van der Waals surface area contributed by atoms with Gasteiger partial charge in [-0.2, -0.15) is 0 Å². The summed E-state index contributed by atoms with van der Waals surface area (Å²) < 4.78 is 14.1. The first-order chi connectivity index (χ1) is 23.4. The van der Waals surface area contributed by atoms with E-state index >= 15 is 0 Å². The molecule has 8 heteroatoms. The lowest BCUT2D eigenvalue weighted by atomic mass is 10.1. The van der Waals surface area contributed by atoms with E-state index in [-0.39, 0.29) is 12.4 Å². The molecule has 0 fully saturated rings. The Balaban J connectivity index is 0.0000115. The zero-order valence-corrected chi connectivity index (χ0v) is 31.1. The Bertz CT molecular complexity index is 1010. The van der Waals surface area contributed by atoms with Gasteiger partial charge in [-0.05, 0) is 74.6 Å². The summed E-state index contributed by atoms with van der Waals surface area (Å²) in [6.07, 6.45) is 38.7. The summed E-state index contributed by atoms with van der Waals surface area (Å²) in [5, 5.41) is 3.59. The van der Waals surface area contributed by atoms with Gasteiger partial charge in [-0.1, -0.05) is 107 Å². The van der Waals surface area contributed by atoms with Crippen LogP contribution < -0.4 is 4.57 Å². The molecule has 272 valence electrons. The minimum absolute atomic E-state index is 0. The van der Waals surface area contributed by atoms with Gasteiger partial charge in [0.25, 0.3) is 0 Å². The average Bonchev–Trinajstić information content (AvgIpc) is 3.10. The van der Waals surface area contributed by atoms with Gasteiger partial charge in [-0.25, -0.2) is 4.57 Å². The number of aromatic nitrogens is 2. The van der Waals surface area contributed by atoms with Crippen LogP contribution in [0.1, 0.15) is 152 Å². The summed E-state index contributed by atoms with van der Waals surface area (Å²) in [5.74, 6) is 0. The SMILES string of the molecule is Cl.[N-]=[N+]=NCCCCCCCCCCCCOCCCc1ccc[n+](CCCCCCCCCCCCOCCCc2cccnc2)c1. The first-order valence-corrected chi connectivity index (χ1v) is 19.4. The number of unbranched alkanes of at least 4 members (excludes halogenated alkanes) is 18. The number of hydrogen-bond donors (Lipinski definition) is 0. The predicted molar refractivity (Wildman–Crippen MR) is 203 cm³/mol. The molecule has 0 aliphatic carbocycles. The fourth-order valence-corrected chi connectivity index (χ4v) is 6.13. The molecule has 0 spiro atoms.